The molecule has 24 heavy (non-hydrogen) atoms. The van der Waals surface area contributed by atoms with Crippen LogP contribution in [0.3, 0.4) is 0 Å². The van der Waals surface area contributed by atoms with E-state index in [0.29, 0.717) is 17.7 Å². The maximum atomic E-state index is 12.6. The molecule has 2 aromatic heterocycles. The van der Waals surface area contributed by atoms with E-state index in [1.54, 1.807) is 12.4 Å². The number of rotatable bonds is 2. The number of aromatic nitrogens is 3. The Bertz CT molecular complexity index is 936. The lowest BCUT2D eigenvalue weighted by Gasteiger charge is -2.20. The number of nitrogens with two attached hydrogens (primary N) is 1. The Balaban J connectivity index is 1.61. The predicted molar refractivity (Wildman–Crippen MR) is 95.9 cm³/mol. The summed E-state index contributed by atoms with van der Waals surface area (Å²) in [7, 11) is 0. The van der Waals surface area contributed by atoms with Crippen LogP contribution in [0.2, 0.25) is 0 Å². The molecule has 1 aromatic carbocycles. The third-order valence-corrected chi connectivity index (χ3v) is 4.75. The lowest BCUT2D eigenvalue weighted by molar-refractivity contribution is 0.102. The van der Waals surface area contributed by atoms with Crippen molar-refractivity contribution in [3.63, 3.8) is 0 Å². The van der Waals surface area contributed by atoms with E-state index in [4.69, 9.17) is 5.73 Å². The van der Waals surface area contributed by atoms with Crippen LogP contribution in [0.4, 0.5) is 5.69 Å². The monoisotopic (exact) mass is 385 g/mol. The van der Waals surface area contributed by atoms with Gasteiger partial charge in [-0.05, 0) is 30.7 Å². The van der Waals surface area contributed by atoms with Crippen LogP contribution in [0.5, 0.6) is 0 Å². The summed E-state index contributed by atoms with van der Waals surface area (Å²) in [6.45, 7) is 0.759. The first-order valence-corrected chi connectivity index (χ1v) is 8.56. The molecule has 0 saturated heterocycles. The number of anilines is 1. The summed E-state index contributed by atoms with van der Waals surface area (Å²) in [6.07, 6.45) is 4.84. The summed E-state index contributed by atoms with van der Waals surface area (Å²) in [5.74, 6) is -0.179. The van der Waals surface area contributed by atoms with Crippen LogP contribution < -0.4 is 11.1 Å². The first-order chi connectivity index (χ1) is 11.6. The number of aryl methyl sites for hydroxylation is 1. The molecular weight excluding hydrogens is 370 g/mol. The molecule has 1 aliphatic rings. The van der Waals surface area contributed by atoms with Gasteiger partial charge in [-0.25, -0.2) is 0 Å². The van der Waals surface area contributed by atoms with Crippen molar-refractivity contribution in [2.75, 3.05) is 5.32 Å². The molecule has 4 rings (SSSR count). The zero-order chi connectivity index (χ0) is 16.7. The fraction of sp³-hybridized carbons (Fsp3) is 0.235. The van der Waals surface area contributed by atoms with Crippen LogP contribution in [0.1, 0.15) is 22.5 Å². The Morgan fingerprint density at radius 3 is 3.08 bits per heavy atom. The number of hydrogen-bond acceptors (Lipinski definition) is 4. The molecule has 3 aromatic rings. The Labute approximate surface area is 147 Å². The smallest absolute Gasteiger partial charge is 0.259 e. The number of carbonyl (C=O) groups excluding carboxylic acids is 1. The van der Waals surface area contributed by atoms with Crippen molar-refractivity contribution in [2.45, 2.75) is 25.4 Å². The molecule has 3 heterocycles. The number of carbonyl (C=O) groups is 1. The first kappa shape index (κ1) is 15.3. The molecule has 1 aliphatic heterocycles. The maximum absolute atomic E-state index is 12.6. The standard InChI is InChI=1S/C17H16BrN5O/c18-11-1-2-15-10(5-11)6-13(8-20-15)22-17(24)14-9-21-23-4-3-12(19)7-16(14)23/h1-2,5-6,8-9,12H,3-4,7,19H2,(H,22,24). The fourth-order valence-electron chi connectivity index (χ4n) is 3.02. The highest BCUT2D eigenvalue weighted by atomic mass is 79.9. The van der Waals surface area contributed by atoms with Crippen molar-refractivity contribution in [1.82, 2.24) is 14.8 Å². The molecular formula is C17H16BrN5O. The number of amides is 1. The Morgan fingerprint density at radius 1 is 1.33 bits per heavy atom. The van der Waals surface area contributed by atoms with E-state index in [-0.39, 0.29) is 11.9 Å². The SMILES string of the molecule is NC1CCn2ncc(C(=O)Nc3cnc4ccc(Br)cc4c3)c2C1. The number of halogens is 1. The molecule has 7 heteroatoms. The summed E-state index contributed by atoms with van der Waals surface area (Å²) in [5, 5.41) is 8.16. The van der Waals surface area contributed by atoms with E-state index in [1.165, 1.54) is 0 Å². The van der Waals surface area contributed by atoms with E-state index < -0.39 is 0 Å². The first-order valence-electron chi connectivity index (χ1n) is 7.77. The normalized spacial score (nSPS) is 16.8. The van der Waals surface area contributed by atoms with Crippen LogP contribution in [0.15, 0.2) is 41.1 Å². The van der Waals surface area contributed by atoms with Crippen LogP contribution in [-0.4, -0.2) is 26.7 Å². The van der Waals surface area contributed by atoms with Gasteiger partial charge in [-0.3, -0.25) is 14.5 Å². The van der Waals surface area contributed by atoms with Crippen molar-refractivity contribution in [3.8, 4) is 0 Å². The maximum Gasteiger partial charge on any atom is 0.259 e. The van der Waals surface area contributed by atoms with Gasteiger partial charge >= 0.3 is 0 Å². The highest BCUT2D eigenvalue weighted by Crippen LogP contribution is 2.22. The van der Waals surface area contributed by atoms with Crippen LogP contribution in [-0.2, 0) is 13.0 Å². The number of pyridine rings is 1. The second-order valence-electron chi connectivity index (χ2n) is 6.00. The highest BCUT2D eigenvalue weighted by molar-refractivity contribution is 9.10. The second-order valence-corrected chi connectivity index (χ2v) is 6.91. The molecule has 1 amide bonds. The molecule has 0 aliphatic carbocycles. The molecule has 0 fully saturated rings. The minimum absolute atomic E-state index is 0.0837. The van der Waals surface area contributed by atoms with Gasteiger partial charge in [0.2, 0.25) is 0 Å². The van der Waals surface area contributed by atoms with Crippen LogP contribution in [0.25, 0.3) is 10.9 Å². The second kappa shape index (κ2) is 5.99. The predicted octanol–water partition coefficient (Wildman–Crippen LogP) is 2.72. The molecule has 0 bridgehead atoms. The summed E-state index contributed by atoms with van der Waals surface area (Å²) < 4.78 is 2.84. The van der Waals surface area contributed by atoms with Crippen molar-refractivity contribution in [3.05, 3.63) is 52.4 Å². The van der Waals surface area contributed by atoms with Gasteiger partial charge in [-0.1, -0.05) is 15.9 Å². The average molecular weight is 386 g/mol. The van der Waals surface area contributed by atoms with Crippen molar-refractivity contribution in [2.24, 2.45) is 5.73 Å². The zero-order valence-electron chi connectivity index (χ0n) is 12.9. The number of hydrogen-bond donors (Lipinski definition) is 2. The third kappa shape index (κ3) is 2.81. The van der Waals surface area contributed by atoms with Crippen molar-refractivity contribution >= 4 is 38.4 Å². The number of nitrogens with one attached hydrogen (secondary N) is 1. The Hall–Kier alpha value is -2.25. The minimum atomic E-state index is -0.179. The van der Waals surface area contributed by atoms with Crippen LogP contribution >= 0.6 is 15.9 Å². The molecule has 0 saturated carbocycles. The molecule has 1 atom stereocenters. The lowest BCUT2D eigenvalue weighted by Crippen LogP contribution is -2.32. The topological polar surface area (TPSA) is 85.8 Å². The number of fused-ring (bicyclic) bond motifs is 2. The van der Waals surface area contributed by atoms with Crippen LogP contribution in [0, 0.1) is 0 Å². The van der Waals surface area contributed by atoms with Gasteiger partial charge in [0.25, 0.3) is 5.91 Å². The minimum Gasteiger partial charge on any atom is -0.327 e. The lowest BCUT2D eigenvalue weighted by atomic mass is 10.0. The molecule has 0 spiro atoms. The summed E-state index contributed by atoms with van der Waals surface area (Å²) in [4.78, 5) is 17.0. The molecule has 0 radical (unpaired) electrons. The summed E-state index contributed by atoms with van der Waals surface area (Å²) >= 11 is 3.45. The van der Waals surface area contributed by atoms with Gasteiger partial charge in [-0.2, -0.15) is 5.10 Å². The van der Waals surface area contributed by atoms with E-state index in [0.717, 1.165) is 34.0 Å². The van der Waals surface area contributed by atoms with E-state index >= 15 is 0 Å². The van der Waals surface area contributed by atoms with E-state index in [2.05, 4.69) is 31.3 Å². The van der Waals surface area contributed by atoms with Crippen molar-refractivity contribution in [1.29, 1.82) is 0 Å². The van der Waals surface area contributed by atoms with Gasteiger partial charge in [-0.15, -0.1) is 0 Å². The number of nitrogens with zero attached hydrogens (tertiary/aromatic N) is 3. The molecule has 122 valence electrons. The van der Waals surface area contributed by atoms with Gasteiger partial charge in [0.1, 0.15) is 0 Å². The third-order valence-electron chi connectivity index (χ3n) is 4.26. The highest BCUT2D eigenvalue weighted by Gasteiger charge is 2.23. The van der Waals surface area contributed by atoms with Gasteiger partial charge < -0.3 is 11.1 Å². The Morgan fingerprint density at radius 2 is 2.21 bits per heavy atom. The molecule has 3 N–H and O–H groups in total. The zero-order valence-corrected chi connectivity index (χ0v) is 14.5. The quantitative estimate of drug-likeness (QED) is 0.709. The van der Waals surface area contributed by atoms with Gasteiger partial charge in [0, 0.05) is 28.9 Å². The van der Waals surface area contributed by atoms with E-state index in [1.807, 2.05) is 28.9 Å². The molecule has 1 unspecified atom stereocenters. The largest absolute Gasteiger partial charge is 0.327 e. The number of benzene rings is 1. The summed E-state index contributed by atoms with van der Waals surface area (Å²) in [6, 6.07) is 7.84. The summed E-state index contributed by atoms with van der Waals surface area (Å²) in [5.41, 5.74) is 9.05. The average Bonchev–Trinajstić information content (AvgIpc) is 2.97. The Kier molecular flexibility index (Phi) is 3.82. The molecule has 6 nitrogen and oxygen atoms in total. The van der Waals surface area contributed by atoms with E-state index in [9.17, 15) is 4.79 Å². The van der Waals surface area contributed by atoms with Gasteiger partial charge in [0.15, 0.2) is 0 Å². The van der Waals surface area contributed by atoms with Crippen molar-refractivity contribution < 1.29 is 4.79 Å². The fourth-order valence-corrected chi connectivity index (χ4v) is 3.39. The van der Waals surface area contributed by atoms with Gasteiger partial charge in [0.05, 0.1) is 34.9 Å².